The molecule has 1 amide bonds. The first-order valence-electron chi connectivity index (χ1n) is 7.19. The van der Waals surface area contributed by atoms with Crippen LogP contribution in [-0.4, -0.2) is 12.5 Å². The van der Waals surface area contributed by atoms with E-state index in [-0.39, 0.29) is 12.2 Å². The van der Waals surface area contributed by atoms with Crippen LogP contribution in [0, 0.1) is 6.92 Å². The molecule has 0 fully saturated rings. The molecule has 0 aliphatic rings. The van der Waals surface area contributed by atoms with Crippen LogP contribution >= 0.6 is 11.6 Å². The van der Waals surface area contributed by atoms with Crippen LogP contribution in [0.25, 0.3) is 0 Å². The zero-order chi connectivity index (χ0) is 17.7. The smallest absolute Gasteiger partial charge is 0.325 e. The highest BCUT2D eigenvalue weighted by Gasteiger charge is 2.33. The monoisotopic (exact) mass is 356 g/mol. The highest BCUT2D eigenvalue weighted by atomic mass is 35.5. The molecular weight excluding hydrogens is 341 g/mol. The zero-order valence-electron chi connectivity index (χ0n) is 12.9. The largest absolute Gasteiger partial charge is 0.417 e. The van der Waals surface area contributed by atoms with Gasteiger partial charge in [0, 0.05) is 12.2 Å². The fourth-order valence-corrected chi connectivity index (χ4v) is 2.37. The standard InChI is InChI=1S/C17H16ClF3N2O/c1-11-4-2-3-5-12(11)9-22-10-16(24)23-13-6-7-15(18)14(8-13)17(19,20)21/h2-8,22H,9-10H2,1H3,(H,23,24). The molecule has 0 heterocycles. The maximum absolute atomic E-state index is 12.8. The van der Waals surface area contributed by atoms with Gasteiger partial charge in [-0.15, -0.1) is 0 Å². The zero-order valence-corrected chi connectivity index (χ0v) is 13.6. The van der Waals surface area contributed by atoms with Crippen LogP contribution in [0.15, 0.2) is 42.5 Å². The van der Waals surface area contributed by atoms with Crippen LogP contribution < -0.4 is 10.6 Å². The number of carbonyl (C=O) groups is 1. The predicted molar refractivity (Wildman–Crippen MR) is 88.0 cm³/mol. The van der Waals surface area contributed by atoms with E-state index in [0.717, 1.165) is 23.3 Å². The van der Waals surface area contributed by atoms with Crippen molar-refractivity contribution in [2.75, 3.05) is 11.9 Å². The summed E-state index contributed by atoms with van der Waals surface area (Å²) in [5.41, 5.74) is 1.22. The molecule has 3 nitrogen and oxygen atoms in total. The van der Waals surface area contributed by atoms with Crippen molar-refractivity contribution in [1.29, 1.82) is 0 Å². The van der Waals surface area contributed by atoms with Crippen LogP contribution in [0.3, 0.4) is 0 Å². The molecule has 0 saturated heterocycles. The summed E-state index contributed by atoms with van der Waals surface area (Å²) in [6.45, 7) is 2.44. The molecule has 128 valence electrons. The van der Waals surface area contributed by atoms with Gasteiger partial charge in [-0.3, -0.25) is 4.79 Å². The Bertz CT molecular complexity index is 732. The molecular formula is C17H16ClF3N2O. The molecule has 0 aromatic heterocycles. The molecule has 7 heteroatoms. The van der Waals surface area contributed by atoms with E-state index in [4.69, 9.17) is 11.6 Å². The quantitative estimate of drug-likeness (QED) is 0.834. The Kier molecular flexibility index (Phi) is 5.85. The number of nitrogens with one attached hydrogen (secondary N) is 2. The van der Waals surface area contributed by atoms with E-state index in [0.29, 0.717) is 6.54 Å². The van der Waals surface area contributed by atoms with Gasteiger partial charge in [0.2, 0.25) is 5.91 Å². The third-order valence-electron chi connectivity index (χ3n) is 3.42. The Balaban J connectivity index is 1.92. The van der Waals surface area contributed by atoms with Crippen LogP contribution in [0.2, 0.25) is 5.02 Å². The first kappa shape index (κ1) is 18.3. The van der Waals surface area contributed by atoms with Crippen molar-refractivity contribution in [3.05, 3.63) is 64.2 Å². The van der Waals surface area contributed by atoms with Gasteiger partial charge in [0.1, 0.15) is 0 Å². The van der Waals surface area contributed by atoms with Gasteiger partial charge in [0.15, 0.2) is 0 Å². The minimum atomic E-state index is -4.57. The Morgan fingerprint density at radius 2 is 1.88 bits per heavy atom. The third kappa shape index (κ3) is 4.97. The maximum Gasteiger partial charge on any atom is 0.417 e. The highest BCUT2D eigenvalue weighted by molar-refractivity contribution is 6.31. The molecule has 0 saturated carbocycles. The summed E-state index contributed by atoms with van der Waals surface area (Å²) in [5, 5.41) is 4.98. The van der Waals surface area contributed by atoms with Crippen molar-refractivity contribution in [2.45, 2.75) is 19.6 Å². The number of carbonyl (C=O) groups excluding carboxylic acids is 1. The molecule has 2 N–H and O–H groups in total. The fraction of sp³-hybridized carbons (Fsp3) is 0.235. The fourth-order valence-electron chi connectivity index (χ4n) is 2.14. The lowest BCUT2D eigenvalue weighted by Gasteiger charge is -2.12. The number of halogens is 4. The van der Waals surface area contributed by atoms with E-state index >= 15 is 0 Å². The summed E-state index contributed by atoms with van der Waals surface area (Å²) in [6, 6.07) is 11.0. The van der Waals surface area contributed by atoms with Crippen molar-refractivity contribution in [3.63, 3.8) is 0 Å². The Labute approximate surface area is 142 Å². The number of anilines is 1. The number of hydrogen-bond donors (Lipinski definition) is 2. The second-order valence-electron chi connectivity index (χ2n) is 5.27. The van der Waals surface area contributed by atoms with Gasteiger partial charge in [0.25, 0.3) is 0 Å². The van der Waals surface area contributed by atoms with E-state index in [1.165, 1.54) is 6.07 Å². The van der Waals surface area contributed by atoms with E-state index in [1.807, 2.05) is 31.2 Å². The van der Waals surface area contributed by atoms with E-state index in [1.54, 1.807) is 0 Å². The number of amides is 1. The average molecular weight is 357 g/mol. The summed E-state index contributed by atoms with van der Waals surface area (Å²) in [7, 11) is 0. The summed E-state index contributed by atoms with van der Waals surface area (Å²) in [4.78, 5) is 11.8. The van der Waals surface area contributed by atoms with Crippen LogP contribution in [-0.2, 0) is 17.5 Å². The number of rotatable bonds is 5. The molecule has 0 aliphatic heterocycles. The lowest BCUT2D eigenvalue weighted by atomic mass is 10.1. The van der Waals surface area contributed by atoms with E-state index < -0.39 is 22.7 Å². The molecule has 2 rings (SSSR count). The number of hydrogen-bond acceptors (Lipinski definition) is 2. The first-order valence-corrected chi connectivity index (χ1v) is 7.57. The molecule has 0 radical (unpaired) electrons. The average Bonchev–Trinajstić information content (AvgIpc) is 2.50. The van der Waals surface area contributed by atoms with Gasteiger partial charge in [-0.2, -0.15) is 13.2 Å². The van der Waals surface area contributed by atoms with Crippen molar-refractivity contribution >= 4 is 23.2 Å². The Morgan fingerprint density at radius 3 is 2.54 bits per heavy atom. The SMILES string of the molecule is Cc1ccccc1CNCC(=O)Nc1ccc(Cl)c(C(F)(F)F)c1. The van der Waals surface area contributed by atoms with Crippen LogP contribution in [0.5, 0.6) is 0 Å². The van der Waals surface area contributed by atoms with Gasteiger partial charge >= 0.3 is 6.18 Å². The van der Waals surface area contributed by atoms with E-state index in [9.17, 15) is 18.0 Å². The predicted octanol–water partition coefficient (Wildman–Crippen LogP) is 4.40. The lowest BCUT2D eigenvalue weighted by Crippen LogP contribution is -2.28. The Hall–Kier alpha value is -2.05. The van der Waals surface area contributed by atoms with Gasteiger partial charge in [-0.25, -0.2) is 0 Å². The molecule has 2 aromatic carbocycles. The topological polar surface area (TPSA) is 41.1 Å². The molecule has 0 aliphatic carbocycles. The van der Waals surface area contributed by atoms with Crippen molar-refractivity contribution < 1.29 is 18.0 Å². The lowest BCUT2D eigenvalue weighted by molar-refractivity contribution is -0.137. The molecule has 24 heavy (non-hydrogen) atoms. The van der Waals surface area contributed by atoms with Gasteiger partial charge in [0.05, 0.1) is 17.1 Å². The summed E-state index contributed by atoms with van der Waals surface area (Å²) >= 11 is 5.54. The van der Waals surface area contributed by atoms with Gasteiger partial charge < -0.3 is 10.6 Å². The Morgan fingerprint density at radius 1 is 1.17 bits per heavy atom. The minimum absolute atomic E-state index is 0.0156. The summed E-state index contributed by atoms with van der Waals surface area (Å²) < 4.78 is 38.4. The molecule has 0 spiro atoms. The van der Waals surface area contributed by atoms with Crippen molar-refractivity contribution in [1.82, 2.24) is 5.32 Å². The number of alkyl halides is 3. The minimum Gasteiger partial charge on any atom is -0.325 e. The van der Waals surface area contributed by atoms with Crippen molar-refractivity contribution in [2.24, 2.45) is 0 Å². The number of benzene rings is 2. The summed E-state index contributed by atoms with van der Waals surface area (Å²) in [6.07, 6.45) is -4.57. The first-order chi connectivity index (χ1) is 11.3. The third-order valence-corrected chi connectivity index (χ3v) is 3.75. The van der Waals surface area contributed by atoms with Gasteiger partial charge in [-0.05, 0) is 36.2 Å². The van der Waals surface area contributed by atoms with Crippen molar-refractivity contribution in [3.8, 4) is 0 Å². The van der Waals surface area contributed by atoms with Gasteiger partial charge in [-0.1, -0.05) is 35.9 Å². The second-order valence-corrected chi connectivity index (χ2v) is 5.68. The highest BCUT2D eigenvalue weighted by Crippen LogP contribution is 2.36. The molecule has 2 aromatic rings. The normalized spacial score (nSPS) is 11.4. The molecule has 0 bridgehead atoms. The van der Waals surface area contributed by atoms with E-state index in [2.05, 4.69) is 10.6 Å². The van der Waals surface area contributed by atoms with Crippen LogP contribution in [0.4, 0.5) is 18.9 Å². The molecule has 0 unspecified atom stereocenters. The number of aryl methyl sites for hydroxylation is 1. The summed E-state index contributed by atoms with van der Waals surface area (Å²) in [5.74, 6) is -0.431. The maximum atomic E-state index is 12.8. The van der Waals surface area contributed by atoms with Crippen LogP contribution in [0.1, 0.15) is 16.7 Å². The molecule has 0 atom stereocenters. The second kappa shape index (κ2) is 7.68.